The molecule has 0 aliphatic carbocycles. The van der Waals surface area contributed by atoms with Crippen LogP contribution in [0.25, 0.3) is 0 Å². The van der Waals surface area contributed by atoms with Gasteiger partial charge < -0.3 is 9.52 Å². The van der Waals surface area contributed by atoms with Gasteiger partial charge in [-0.15, -0.1) is 22.0 Å². The molecule has 0 bridgehead atoms. The Balaban J connectivity index is 1.86. The molecule has 2 aromatic rings. The molecule has 0 saturated heterocycles. The molecule has 0 saturated carbocycles. The number of aromatic nitrogens is 2. The first kappa shape index (κ1) is 14.0. The van der Waals surface area contributed by atoms with Gasteiger partial charge in [-0.25, -0.2) is 0 Å². The fourth-order valence-electron chi connectivity index (χ4n) is 1.26. The molecule has 0 fully saturated rings. The van der Waals surface area contributed by atoms with Crippen LogP contribution in [0.3, 0.4) is 0 Å². The third-order valence-corrected chi connectivity index (χ3v) is 3.95. The van der Waals surface area contributed by atoms with Crippen molar-refractivity contribution in [1.82, 2.24) is 10.2 Å². The van der Waals surface area contributed by atoms with E-state index >= 15 is 0 Å². The number of carbonyl (C=O) groups is 1. The van der Waals surface area contributed by atoms with Crippen LogP contribution < -0.4 is 0 Å². The van der Waals surface area contributed by atoms with Crippen LogP contribution in [0.1, 0.15) is 11.5 Å². The van der Waals surface area contributed by atoms with Crippen molar-refractivity contribution in [3.8, 4) is 0 Å². The van der Waals surface area contributed by atoms with Crippen LogP contribution in [0.2, 0.25) is 0 Å². The number of thioether (sulfide) groups is 2. The van der Waals surface area contributed by atoms with Crippen molar-refractivity contribution in [1.29, 1.82) is 0 Å². The molecule has 2 rings (SSSR count). The second-order valence-electron chi connectivity index (χ2n) is 3.75. The molecular formula is C12H12N2O3S2. The van der Waals surface area contributed by atoms with E-state index in [-0.39, 0.29) is 5.75 Å². The van der Waals surface area contributed by atoms with Crippen molar-refractivity contribution in [3.05, 3.63) is 35.7 Å². The lowest BCUT2D eigenvalue weighted by Gasteiger charge is -1.98. The Bertz CT molecular complexity index is 554. The Kier molecular flexibility index (Phi) is 4.86. The molecule has 5 nitrogen and oxygen atoms in total. The van der Waals surface area contributed by atoms with Gasteiger partial charge in [0.05, 0.1) is 5.75 Å². The maximum absolute atomic E-state index is 10.4. The molecule has 0 amide bonds. The summed E-state index contributed by atoms with van der Waals surface area (Å²) in [6.07, 6.45) is 0. The molecule has 7 heteroatoms. The highest BCUT2D eigenvalue weighted by Gasteiger charge is 2.09. The smallest absolute Gasteiger partial charge is 0.314 e. The lowest BCUT2D eigenvalue weighted by molar-refractivity contribution is -0.133. The van der Waals surface area contributed by atoms with Crippen LogP contribution in [-0.2, 0) is 10.5 Å². The number of nitrogens with zero attached hydrogens (tertiary/aromatic N) is 2. The van der Waals surface area contributed by atoms with E-state index in [1.54, 1.807) is 11.8 Å². The maximum atomic E-state index is 10.4. The standard InChI is InChI=1S/C12H12N2O3S2/c1-8-2-4-9(5-3-8)18-6-10-13-14-12(17-10)19-7-11(15)16/h2-5H,6-7H2,1H3,(H,15,16). The first-order valence-electron chi connectivity index (χ1n) is 5.50. The molecule has 0 aliphatic rings. The predicted molar refractivity (Wildman–Crippen MR) is 73.4 cm³/mol. The second-order valence-corrected chi connectivity index (χ2v) is 5.72. The fourth-order valence-corrected chi connectivity index (χ4v) is 2.49. The maximum Gasteiger partial charge on any atom is 0.314 e. The van der Waals surface area contributed by atoms with Gasteiger partial charge in [0.1, 0.15) is 5.75 Å². The number of carboxylic acids is 1. The zero-order valence-corrected chi connectivity index (χ0v) is 11.8. The van der Waals surface area contributed by atoms with Gasteiger partial charge in [-0.1, -0.05) is 29.5 Å². The zero-order chi connectivity index (χ0) is 13.7. The van der Waals surface area contributed by atoms with E-state index in [4.69, 9.17) is 9.52 Å². The van der Waals surface area contributed by atoms with Crippen LogP contribution >= 0.6 is 23.5 Å². The molecule has 0 spiro atoms. The quantitative estimate of drug-likeness (QED) is 0.821. The third-order valence-electron chi connectivity index (χ3n) is 2.15. The monoisotopic (exact) mass is 296 g/mol. The number of hydrogen-bond acceptors (Lipinski definition) is 6. The van der Waals surface area contributed by atoms with E-state index in [2.05, 4.69) is 10.2 Å². The average Bonchev–Trinajstić information content (AvgIpc) is 2.84. The van der Waals surface area contributed by atoms with Crippen molar-refractivity contribution < 1.29 is 14.3 Å². The lowest BCUT2D eigenvalue weighted by atomic mass is 10.2. The van der Waals surface area contributed by atoms with E-state index in [0.717, 1.165) is 16.7 Å². The Morgan fingerprint density at radius 2 is 2.00 bits per heavy atom. The summed E-state index contributed by atoms with van der Waals surface area (Å²) in [5.74, 6) is 0.0911. The van der Waals surface area contributed by atoms with Crippen LogP contribution in [0.15, 0.2) is 38.8 Å². The highest BCUT2D eigenvalue weighted by atomic mass is 32.2. The molecule has 0 radical (unpaired) electrons. The number of benzene rings is 1. The van der Waals surface area contributed by atoms with E-state index in [0.29, 0.717) is 16.9 Å². The van der Waals surface area contributed by atoms with Crippen LogP contribution in [0.4, 0.5) is 0 Å². The number of rotatable bonds is 6. The summed E-state index contributed by atoms with van der Waals surface area (Å²) in [7, 11) is 0. The summed E-state index contributed by atoms with van der Waals surface area (Å²) in [5, 5.41) is 16.5. The molecule has 0 aliphatic heterocycles. The fraction of sp³-hybridized carbons (Fsp3) is 0.250. The zero-order valence-electron chi connectivity index (χ0n) is 10.2. The Hall–Kier alpha value is -1.47. The van der Waals surface area contributed by atoms with E-state index in [9.17, 15) is 4.79 Å². The van der Waals surface area contributed by atoms with Gasteiger partial charge in [0.25, 0.3) is 5.22 Å². The van der Waals surface area contributed by atoms with Gasteiger partial charge in [0.15, 0.2) is 0 Å². The van der Waals surface area contributed by atoms with Crippen LogP contribution in [-0.4, -0.2) is 27.0 Å². The van der Waals surface area contributed by atoms with E-state index in [1.807, 2.05) is 31.2 Å². The van der Waals surface area contributed by atoms with Gasteiger partial charge in [-0.05, 0) is 19.1 Å². The highest BCUT2D eigenvalue weighted by Crippen LogP contribution is 2.24. The van der Waals surface area contributed by atoms with Crippen molar-refractivity contribution >= 4 is 29.5 Å². The summed E-state index contributed by atoms with van der Waals surface area (Å²) in [4.78, 5) is 11.5. The van der Waals surface area contributed by atoms with Crippen LogP contribution in [0, 0.1) is 6.92 Å². The summed E-state index contributed by atoms with van der Waals surface area (Å²) in [6.45, 7) is 2.04. The largest absolute Gasteiger partial charge is 0.481 e. The number of aliphatic carboxylic acids is 1. The summed E-state index contributed by atoms with van der Waals surface area (Å²) < 4.78 is 5.34. The highest BCUT2D eigenvalue weighted by molar-refractivity contribution is 7.99. The first-order chi connectivity index (χ1) is 9.13. The normalized spacial score (nSPS) is 10.6. The average molecular weight is 296 g/mol. The molecule has 0 atom stereocenters. The molecule has 1 N–H and O–H groups in total. The SMILES string of the molecule is Cc1ccc(SCc2nnc(SCC(=O)O)o2)cc1. The van der Waals surface area contributed by atoms with E-state index < -0.39 is 5.97 Å². The third kappa shape index (κ3) is 4.60. The van der Waals surface area contributed by atoms with Crippen molar-refractivity contribution in [3.63, 3.8) is 0 Å². The second kappa shape index (κ2) is 6.63. The van der Waals surface area contributed by atoms with Gasteiger partial charge in [-0.2, -0.15) is 0 Å². The summed E-state index contributed by atoms with van der Waals surface area (Å²) in [6, 6.07) is 8.17. The van der Waals surface area contributed by atoms with Gasteiger partial charge in [-0.3, -0.25) is 4.79 Å². The summed E-state index contributed by atoms with van der Waals surface area (Å²) >= 11 is 2.62. The molecule has 19 heavy (non-hydrogen) atoms. The number of hydrogen-bond donors (Lipinski definition) is 1. The molecule has 0 unspecified atom stereocenters. The minimum Gasteiger partial charge on any atom is -0.481 e. The Morgan fingerprint density at radius 1 is 1.26 bits per heavy atom. The molecular weight excluding hydrogens is 284 g/mol. The first-order valence-corrected chi connectivity index (χ1v) is 7.47. The Labute approximate surface area is 118 Å². The molecule has 1 aromatic heterocycles. The van der Waals surface area contributed by atoms with Crippen molar-refractivity contribution in [2.75, 3.05) is 5.75 Å². The van der Waals surface area contributed by atoms with Crippen LogP contribution in [0.5, 0.6) is 0 Å². The minimum absolute atomic E-state index is 0.0766. The topological polar surface area (TPSA) is 76.2 Å². The summed E-state index contributed by atoms with van der Waals surface area (Å²) in [5.41, 5.74) is 1.22. The van der Waals surface area contributed by atoms with Crippen molar-refractivity contribution in [2.24, 2.45) is 0 Å². The number of carboxylic acid groups (broad SMARTS) is 1. The molecule has 1 heterocycles. The number of aryl methyl sites for hydroxylation is 1. The van der Waals surface area contributed by atoms with Gasteiger partial charge >= 0.3 is 5.97 Å². The molecule has 100 valence electrons. The molecule has 1 aromatic carbocycles. The van der Waals surface area contributed by atoms with Gasteiger partial charge in [0.2, 0.25) is 5.89 Å². The lowest BCUT2D eigenvalue weighted by Crippen LogP contribution is -1.97. The predicted octanol–water partition coefficient (Wildman–Crippen LogP) is 2.85. The van der Waals surface area contributed by atoms with Gasteiger partial charge in [0, 0.05) is 4.90 Å². The van der Waals surface area contributed by atoms with E-state index in [1.165, 1.54) is 5.56 Å². The Morgan fingerprint density at radius 3 is 2.68 bits per heavy atom. The minimum atomic E-state index is -0.904. The van der Waals surface area contributed by atoms with Crippen molar-refractivity contribution in [2.45, 2.75) is 22.8 Å².